The number of hydrogen-bond acceptors (Lipinski definition) is 2. The number of urea groups is 1. The first-order chi connectivity index (χ1) is 8.65. The lowest BCUT2D eigenvalue weighted by Crippen LogP contribution is -2.57. The normalized spacial score (nSPS) is 27.9. The van der Waals surface area contributed by atoms with Crippen LogP contribution in [0.1, 0.15) is 51.9 Å². The molecule has 4 nitrogen and oxygen atoms in total. The van der Waals surface area contributed by atoms with Gasteiger partial charge in [0.1, 0.15) is 0 Å². The first kappa shape index (κ1) is 13.7. The molecule has 2 N–H and O–H groups in total. The SMILES string of the molecule is CC1CCCN(C(=O)NC2(CO)CCCCC2)C1. The number of piperidine rings is 1. The molecule has 0 bridgehead atoms. The molecule has 0 radical (unpaired) electrons. The maximum absolute atomic E-state index is 12.3. The molecule has 2 rings (SSSR count). The molecule has 1 heterocycles. The van der Waals surface area contributed by atoms with Crippen LogP contribution < -0.4 is 5.32 Å². The van der Waals surface area contributed by atoms with Crippen molar-refractivity contribution in [1.29, 1.82) is 0 Å². The van der Waals surface area contributed by atoms with Crippen LogP contribution in [-0.4, -0.2) is 41.3 Å². The smallest absolute Gasteiger partial charge is 0.317 e. The van der Waals surface area contributed by atoms with E-state index in [0.29, 0.717) is 5.92 Å². The van der Waals surface area contributed by atoms with Gasteiger partial charge < -0.3 is 15.3 Å². The summed E-state index contributed by atoms with van der Waals surface area (Å²) in [5, 5.41) is 12.7. The highest BCUT2D eigenvalue weighted by atomic mass is 16.3. The van der Waals surface area contributed by atoms with Gasteiger partial charge in [-0.2, -0.15) is 0 Å². The van der Waals surface area contributed by atoms with Gasteiger partial charge in [-0.15, -0.1) is 0 Å². The van der Waals surface area contributed by atoms with Crippen molar-refractivity contribution in [2.45, 2.75) is 57.4 Å². The summed E-state index contributed by atoms with van der Waals surface area (Å²) in [6, 6.07) is 0.0255. The average molecular weight is 254 g/mol. The van der Waals surface area contributed by atoms with Crippen molar-refractivity contribution >= 4 is 6.03 Å². The standard InChI is InChI=1S/C14H26N2O2/c1-12-6-5-9-16(10-12)13(18)15-14(11-17)7-3-2-4-8-14/h12,17H,2-11H2,1H3,(H,15,18). The molecule has 18 heavy (non-hydrogen) atoms. The van der Waals surface area contributed by atoms with Crippen LogP contribution >= 0.6 is 0 Å². The third-order valence-corrected chi connectivity index (χ3v) is 4.43. The quantitative estimate of drug-likeness (QED) is 0.793. The summed E-state index contributed by atoms with van der Waals surface area (Å²) in [5.41, 5.74) is -0.351. The Morgan fingerprint density at radius 3 is 2.67 bits per heavy atom. The third-order valence-electron chi connectivity index (χ3n) is 4.43. The van der Waals surface area contributed by atoms with Gasteiger partial charge in [-0.1, -0.05) is 26.2 Å². The summed E-state index contributed by atoms with van der Waals surface area (Å²) >= 11 is 0. The largest absolute Gasteiger partial charge is 0.394 e. The van der Waals surface area contributed by atoms with E-state index in [1.165, 1.54) is 12.8 Å². The second-order valence-corrected chi connectivity index (χ2v) is 6.12. The summed E-state index contributed by atoms with van der Waals surface area (Å²) in [4.78, 5) is 14.2. The number of amides is 2. The minimum absolute atomic E-state index is 0.0255. The number of nitrogens with one attached hydrogen (secondary N) is 1. The number of nitrogens with zero attached hydrogens (tertiary/aromatic N) is 1. The van der Waals surface area contributed by atoms with E-state index in [1.807, 2.05) is 4.90 Å². The Bertz CT molecular complexity index is 288. The molecule has 0 aromatic carbocycles. The molecule has 0 spiro atoms. The lowest BCUT2D eigenvalue weighted by Gasteiger charge is -2.39. The maximum Gasteiger partial charge on any atom is 0.317 e. The molecule has 2 aliphatic rings. The van der Waals surface area contributed by atoms with Crippen LogP contribution in [0.3, 0.4) is 0 Å². The van der Waals surface area contributed by atoms with E-state index >= 15 is 0 Å². The van der Waals surface area contributed by atoms with Crippen LogP contribution in [0.5, 0.6) is 0 Å². The molecule has 1 atom stereocenters. The molecule has 2 fully saturated rings. The zero-order valence-electron chi connectivity index (χ0n) is 11.5. The average Bonchev–Trinajstić information content (AvgIpc) is 2.40. The Hall–Kier alpha value is -0.770. The predicted molar refractivity (Wildman–Crippen MR) is 71.4 cm³/mol. The van der Waals surface area contributed by atoms with Gasteiger partial charge in [0.05, 0.1) is 12.1 Å². The molecule has 1 saturated carbocycles. The minimum atomic E-state index is -0.351. The maximum atomic E-state index is 12.3. The van der Waals surface area contributed by atoms with Crippen LogP contribution in [0.4, 0.5) is 4.79 Å². The fraction of sp³-hybridized carbons (Fsp3) is 0.929. The summed E-state index contributed by atoms with van der Waals surface area (Å²) < 4.78 is 0. The summed E-state index contributed by atoms with van der Waals surface area (Å²) in [5.74, 6) is 0.598. The molecule has 4 heteroatoms. The summed E-state index contributed by atoms with van der Waals surface area (Å²) in [6.45, 7) is 3.98. The second-order valence-electron chi connectivity index (χ2n) is 6.12. The molecule has 104 valence electrons. The van der Waals surface area contributed by atoms with Gasteiger partial charge in [-0.3, -0.25) is 0 Å². The molecule has 1 unspecified atom stereocenters. The number of carbonyl (C=O) groups is 1. The molecule has 2 amide bonds. The van der Waals surface area contributed by atoms with Crippen LogP contribution in [0.2, 0.25) is 0 Å². The molecule has 1 aliphatic heterocycles. The van der Waals surface area contributed by atoms with Gasteiger partial charge in [-0.25, -0.2) is 4.79 Å². The number of carbonyl (C=O) groups excluding carboxylic acids is 1. The molecular weight excluding hydrogens is 228 g/mol. The lowest BCUT2D eigenvalue weighted by molar-refractivity contribution is 0.107. The van der Waals surface area contributed by atoms with Gasteiger partial charge in [-0.05, 0) is 31.6 Å². The predicted octanol–water partition coefficient (Wildman–Crippen LogP) is 2.12. The summed E-state index contributed by atoms with van der Waals surface area (Å²) in [7, 11) is 0. The number of hydrogen-bond donors (Lipinski definition) is 2. The first-order valence-electron chi connectivity index (χ1n) is 7.33. The van der Waals surface area contributed by atoms with Gasteiger partial charge in [0, 0.05) is 13.1 Å². The molecular formula is C14H26N2O2. The first-order valence-corrected chi connectivity index (χ1v) is 7.33. The van der Waals surface area contributed by atoms with Crippen LogP contribution in [0.25, 0.3) is 0 Å². The fourth-order valence-corrected chi connectivity index (χ4v) is 3.23. The lowest BCUT2D eigenvalue weighted by atomic mass is 9.82. The van der Waals surface area contributed by atoms with Crippen molar-refractivity contribution in [1.82, 2.24) is 10.2 Å². The van der Waals surface area contributed by atoms with Crippen LogP contribution in [0, 0.1) is 5.92 Å². The number of likely N-dealkylation sites (tertiary alicyclic amines) is 1. The van der Waals surface area contributed by atoms with E-state index in [-0.39, 0.29) is 18.2 Å². The third kappa shape index (κ3) is 3.16. The number of aliphatic hydroxyl groups is 1. The van der Waals surface area contributed by atoms with Gasteiger partial charge >= 0.3 is 6.03 Å². The molecule has 1 saturated heterocycles. The molecule has 1 aliphatic carbocycles. The van der Waals surface area contributed by atoms with E-state index in [0.717, 1.165) is 45.2 Å². The zero-order valence-corrected chi connectivity index (χ0v) is 11.5. The summed E-state index contributed by atoms with van der Waals surface area (Å²) in [6.07, 6.45) is 7.58. The monoisotopic (exact) mass is 254 g/mol. The highest BCUT2D eigenvalue weighted by molar-refractivity contribution is 5.75. The van der Waals surface area contributed by atoms with E-state index in [1.54, 1.807) is 0 Å². The van der Waals surface area contributed by atoms with Crippen molar-refractivity contribution < 1.29 is 9.90 Å². The van der Waals surface area contributed by atoms with E-state index in [2.05, 4.69) is 12.2 Å². The van der Waals surface area contributed by atoms with E-state index in [4.69, 9.17) is 0 Å². The van der Waals surface area contributed by atoms with Crippen LogP contribution in [-0.2, 0) is 0 Å². The fourth-order valence-electron chi connectivity index (χ4n) is 3.23. The van der Waals surface area contributed by atoms with Crippen molar-refractivity contribution in [3.63, 3.8) is 0 Å². The molecule has 0 aromatic rings. The number of rotatable bonds is 2. The van der Waals surface area contributed by atoms with Gasteiger partial charge in [0.15, 0.2) is 0 Å². The van der Waals surface area contributed by atoms with Crippen molar-refractivity contribution in [2.75, 3.05) is 19.7 Å². The van der Waals surface area contributed by atoms with E-state index in [9.17, 15) is 9.90 Å². The van der Waals surface area contributed by atoms with Gasteiger partial charge in [0.2, 0.25) is 0 Å². The van der Waals surface area contributed by atoms with Crippen molar-refractivity contribution in [2.24, 2.45) is 5.92 Å². The highest BCUT2D eigenvalue weighted by Gasteiger charge is 2.34. The Balaban J connectivity index is 1.92. The second kappa shape index (κ2) is 5.91. The Kier molecular flexibility index (Phi) is 4.49. The Labute approximate surface area is 110 Å². The Morgan fingerprint density at radius 2 is 2.06 bits per heavy atom. The Morgan fingerprint density at radius 1 is 1.33 bits per heavy atom. The highest BCUT2D eigenvalue weighted by Crippen LogP contribution is 2.28. The van der Waals surface area contributed by atoms with E-state index < -0.39 is 0 Å². The zero-order chi connectivity index (χ0) is 13.0. The number of aliphatic hydroxyl groups excluding tert-OH is 1. The van der Waals surface area contributed by atoms with Gasteiger partial charge in [0.25, 0.3) is 0 Å². The molecule has 0 aromatic heterocycles. The topological polar surface area (TPSA) is 52.6 Å². The minimum Gasteiger partial charge on any atom is -0.394 e. The van der Waals surface area contributed by atoms with Crippen LogP contribution in [0.15, 0.2) is 0 Å². The van der Waals surface area contributed by atoms with Crippen molar-refractivity contribution in [3.05, 3.63) is 0 Å². The van der Waals surface area contributed by atoms with Crippen molar-refractivity contribution in [3.8, 4) is 0 Å².